The quantitative estimate of drug-likeness (QED) is 0.759. The molecule has 0 spiro atoms. The number of fused-ring (bicyclic) bond motifs is 1. The molecule has 0 radical (unpaired) electrons. The normalized spacial score (nSPS) is 10.5. The third-order valence-electron chi connectivity index (χ3n) is 3.13. The Labute approximate surface area is 131 Å². The molecule has 0 bridgehead atoms. The van der Waals surface area contributed by atoms with E-state index in [1.165, 1.54) is 11.3 Å². The lowest BCUT2D eigenvalue weighted by molar-refractivity contribution is 0.262. The van der Waals surface area contributed by atoms with Crippen LogP contribution in [0, 0.1) is 6.92 Å². The van der Waals surface area contributed by atoms with Crippen LogP contribution in [0.5, 0.6) is 5.75 Å². The third kappa shape index (κ3) is 3.01. The molecule has 0 aliphatic carbocycles. The smallest absolute Gasteiger partial charge is 0.325 e. The molecular weight excluding hydrogens is 298 g/mol. The molecule has 1 heterocycles. The predicted octanol–water partition coefficient (Wildman–Crippen LogP) is 4.26. The molecule has 2 N–H and O–H groups in total. The van der Waals surface area contributed by atoms with Crippen LogP contribution in [-0.2, 0) is 0 Å². The number of urea groups is 1. The second-order valence-electron chi connectivity index (χ2n) is 4.77. The molecule has 0 unspecified atom stereocenters. The van der Waals surface area contributed by atoms with Crippen molar-refractivity contribution in [2.45, 2.75) is 6.92 Å². The van der Waals surface area contributed by atoms with E-state index >= 15 is 0 Å². The van der Waals surface area contributed by atoms with E-state index in [0.29, 0.717) is 10.9 Å². The Morgan fingerprint density at radius 1 is 1.14 bits per heavy atom. The van der Waals surface area contributed by atoms with Gasteiger partial charge in [-0.25, -0.2) is 9.78 Å². The average molecular weight is 313 g/mol. The minimum atomic E-state index is -0.318. The van der Waals surface area contributed by atoms with Crippen LogP contribution in [0.2, 0.25) is 0 Å². The molecule has 6 heteroatoms. The van der Waals surface area contributed by atoms with Crippen LogP contribution in [0.15, 0.2) is 42.5 Å². The van der Waals surface area contributed by atoms with Crippen molar-refractivity contribution in [3.05, 3.63) is 48.0 Å². The van der Waals surface area contributed by atoms with E-state index in [2.05, 4.69) is 15.6 Å². The molecule has 0 aliphatic heterocycles. The topological polar surface area (TPSA) is 63.2 Å². The molecular formula is C16H15N3O2S. The standard InChI is InChI=1S/C16H15N3O2S/c1-10-6-8-11(9-7-10)17-15(20)19-16-18-14-12(21-2)4-3-5-13(14)22-16/h3-9H,1-2H3,(H2,17,18,19,20). The fourth-order valence-electron chi connectivity index (χ4n) is 2.04. The number of hydrogen-bond acceptors (Lipinski definition) is 4. The number of carbonyl (C=O) groups excluding carboxylic acids is 1. The van der Waals surface area contributed by atoms with Crippen molar-refractivity contribution in [1.82, 2.24) is 4.98 Å². The first-order valence-electron chi connectivity index (χ1n) is 6.74. The second kappa shape index (κ2) is 6.03. The van der Waals surface area contributed by atoms with Gasteiger partial charge in [-0.3, -0.25) is 5.32 Å². The summed E-state index contributed by atoms with van der Waals surface area (Å²) in [6, 6.07) is 13.0. The lowest BCUT2D eigenvalue weighted by Crippen LogP contribution is -2.19. The highest BCUT2D eigenvalue weighted by Gasteiger charge is 2.10. The fraction of sp³-hybridized carbons (Fsp3) is 0.125. The molecule has 3 rings (SSSR count). The number of anilines is 2. The van der Waals surface area contributed by atoms with Crippen LogP contribution in [-0.4, -0.2) is 18.1 Å². The number of nitrogens with one attached hydrogen (secondary N) is 2. The fourth-order valence-corrected chi connectivity index (χ4v) is 2.92. The number of aryl methyl sites for hydroxylation is 1. The summed E-state index contributed by atoms with van der Waals surface area (Å²) in [7, 11) is 1.60. The minimum absolute atomic E-state index is 0.318. The molecule has 3 aromatic rings. The lowest BCUT2D eigenvalue weighted by Gasteiger charge is -2.05. The van der Waals surface area contributed by atoms with E-state index in [-0.39, 0.29) is 6.03 Å². The Kier molecular flexibility index (Phi) is 3.93. The van der Waals surface area contributed by atoms with Crippen molar-refractivity contribution in [2.24, 2.45) is 0 Å². The molecule has 112 valence electrons. The van der Waals surface area contributed by atoms with Crippen molar-refractivity contribution in [3.8, 4) is 5.75 Å². The van der Waals surface area contributed by atoms with E-state index in [1.807, 2.05) is 49.4 Å². The molecule has 0 saturated heterocycles. The molecule has 2 aromatic carbocycles. The van der Waals surface area contributed by atoms with Crippen LogP contribution in [0.4, 0.5) is 15.6 Å². The maximum Gasteiger partial charge on any atom is 0.325 e. The van der Waals surface area contributed by atoms with Gasteiger partial charge in [-0.15, -0.1) is 0 Å². The first-order valence-corrected chi connectivity index (χ1v) is 7.55. The number of hydrogen-bond donors (Lipinski definition) is 2. The first kappa shape index (κ1) is 14.3. The molecule has 0 saturated carbocycles. The van der Waals surface area contributed by atoms with Crippen LogP contribution >= 0.6 is 11.3 Å². The Morgan fingerprint density at radius 2 is 1.91 bits per heavy atom. The van der Waals surface area contributed by atoms with Gasteiger partial charge < -0.3 is 10.1 Å². The van der Waals surface area contributed by atoms with Crippen LogP contribution in [0.3, 0.4) is 0 Å². The van der Waals surface area contributed by atoms with E-state index in [4.69, 9.17) is 4.74 Å². The van der Waals surface area contributed by atoms with Gasteiger partial charge in [0.05, 0.1) is 11.8 Å². The third-order valence-corrected chi connectivity index (χ3v) is 4.07. The van der Waals surface area contributed by atoms with Gasteiger partial charge in [0.2, 0.25) is 0 Å². The maximum absolute atomic E-state index is 12.0. The monoisotopic (exact) mass is 313 g/mol. The van der Waals surface area contributed by atoms with Gasteiger partial charge in [-0.05, 0) is 31.2 Å². The van der Waals surface area contributed by atoms with Crippen LogP contribution < -0.4 is 15.4 Å². The Balaban J connectivity index is 1.75. The van der Waals surface area contributed by atoms with E-state index in [9.17, 15) is 4.79 Å². The van der Waals surface area contributed by atoms with Gasteiger partial charge in [-0.1, -0.05) is 35.1 Å². The second-order valence-corrected chi connectivity index (χ2v) is 5.80. The molecule has 0 fully saturated rings. The maximum atomic E-state index is 12.0. The molecule has 5 nitrogen and oxygen atoms in total. The summed E-state index contributed by atoms with van der Waals surface area (Å²) in [6.07, 6.45) is 0. The molecule has 0 aliphatic rings. The summed E-state index contributed by atoms with van der Waals surface area (Å²) >= 11 is 1.41. The highest BCUT2D eigenvalue weighted by Crippen LogP contribution is 2.32. The van der Waals surface area contributed by atoms with Gasteiger partial charge in [0.25, 0.3) is 0 Å². The number of benzene rings is 2. The summed E-state index contributed by atoms with van der Waals surface area (Å²) < 4.78 is 6.23. The zero-order valence-electron chi connectivity index (χ0n) is 12.2. The number of nitrogens with zero attached hydrogens (tertiary/aromatic N) is 1. The summed E-state index contributed by atoms with van der Waals surface area (Å²) in [5.41, 5.74) is 2.63. The van der Waals surface area contributed by atoms with Crippen molar-refractivity contribution in [3.63, 3.8) is 0 Å². The van der Waals surface area contributed by atoms with Crippen molar-refractivity contribution < 1.29 is 9.53 Å². The zero-order valence-corrected chi connectivity index (χ0v) is 13.0. The number of amides is 2. The molecule has 1 aromatic heterocycles. The number of thiazole rings is 1. The van der Waals surface area contributed by atoms with Gasteiger partial charge >= 0.3 is 6.03 Å². The molecule has 2 amide bonds. The van der Waals surface area contributed by atoms with Crippen LogP contribution in [0.25, 0.3) is 10.2 Å². The first-order chi connectivity index (χ1) is 10.7. The van der Waals surface area contributed by atoms with Gasteiger partial charge in [0.1, 0.15) is 11.3 Å². The van der Waals surface area contributed by atoms with E-state index in [1.54, 1.807) is 7.11 Å². The number of ether oxygens (including phenoxy) is 1. The highest BCUT2D eigenvalue weighted by molar-refractivity contribution is 7.22. The van der Waals surface area contributed by atoms with Crippen molar-refractivity contribution in [1.29, 1.82) is 0 Å². The lowest BCUT2D eigenvalue weighted by atomic mass is 10.2. The number of methoxy groups -OCH3 is 1. The van der Waals surface area contributed by atoms with Gasteiger partial charge in [0.15, 0.2) is 5.13 Å². The van der Waals surface area contributed by atoms with Crippen LogP contribution in [0.1, 0.15) is 5.56 Å². The van der Waals surface area contributed by atoms with Crippen molar-refractivity contribution in [2.75, 3.05) is 17.7 Å². The summed E-state index contributed by atoms with van der Waals surface area (Å²) in [4.78, 5) is 16.4. The number of aromatic nitrogens is 1. The highest BCUT2D eigenvalue weighted by atomic mass is 32.1. The minimum Gasteiger partial charge on any atom is -0.494 e. The van der Waals surface area contributed by atoms with E-state index in [0.717, 1.165) is 21.5 Å². The summed E-state index contributed by atoms with van der Waals surface area (Å²) in [5, 5.41) is 6.06. The largest absolute Gasteiger partial charge is 0.494 e. The Hall–Kier alpha value is -2.60. The summed E-state index contributed by atoms with van der Waals surface area (Å²) in [6.45, 7) is 2.00. The molecule has 0 atom stereocenters. The summed E-state index contributed by atoms with van der Waals surface area (Å²) in [5.74, 6) is 0.695. The Bertz CT molecular complexity index is 812. The van der Waals surface area contributed by atoms with E-state index < -0.39 is 0 Å². The average Bonchev–Trinajstić information content (AvgIpc) is 2.91. The predicted molar refractivity (Wildman–Crippen MR) is 90.0 cm³/mol. The van der Waals surface area contributed by atoms with Gasteiger partial charge in [-0.2, -0.15) is 0 Å². The zero-order chi connectivity index (χ0) is 15.5. The SMILES string of the molecule is COc1cccc2sc(NC(=O)Nc3ccc(C)cc3)nc12. The molecule has 22 heavy (non-hydrogen) atoms. The number of carbonyl (C=O) groups is 1. The van der Waals surface area contributed by atoms with Crippen molar-refractivity contribution >= 4 is 38.4 Å². The number of para-hydroxylation sites is 1. The Morgan fingerprint density at radius 3 is 2.64 bits per heavy atom. The number of rotatable bonds is 3. The van der Waals surface area contributed by atoms with Gasteiger partial charge in [0, 0.05) is 5.69 Å².